The van der Waals surface area contributed by atoms with Crippen molar-refractivity contribution in [1.82, 2.24) is 10.3 Å². The Morgan fingerprint density at radius 3 is 2.62 bits per heavy atom. The fraction of sp³-hybridized carbons (Fsp3) is 0.722. The third-order valence-electron chi connectivity index (χ3n) is 4.44. The standard InChI is InChI=1S/C18H31N3/c1-15(2)13-19-14-16-12-18(10-11-20-16)21(3)17-8-6-4-5-7-9-17/h10-12,15,17,19H,4-9,13-14H2,1-3H3. The first-order valence-corrected chi connectivity index (χ1v) is 8.55. The first kappa shape index (κ1) is 16.3. The minimum atomic E-state index is 0.682. The first-order chi connectivity index (χ1) is 10.2. The molecule has 2 rings (SSSR count). The molecule has 0 saturated heterocycles. The molecule has 0 bridgehead atoms. The molecular formula is C18H31N3. The summed E-state index contributed by atoms with van der Waals surface area (Å²) in [5, 5.41) is 3.48. The van der Waals surface area contributed by atoms with Crippen LogP contribution in [0.1, 0.15) is 58.1 Å². The van der Waals surface area contributed by atoms with Crippen LogP contribution in [0.15, 0.2) is 18.3 Å². The summed E-state index contributed by atoms with van der Waals surface area (Å²) >= 11 is 0. The van der Waals surface area contributed by atoms with Gasteiger partial charge in [-0.05, 0) is 37.4 Å². The molecule has 0 atom stereocenters. The molecule has 0 spiro atoms. The highest BCUT2D eigenvalue weighted by atomic mass is 15.1. The van der Waals surface area contributed by atoms with Crippen molar-refractivity contribution >= 4 is 5.69 Å². The van der Waals surface area contributed by atoms with Crippen LogP contribution >= 0.6 is 0 Å². The van der Waals surface area contributed by atoms with Gasteiger partial charge in [0.1, 0.15) is 0 Å². The van der Waals surface area contributed by atoms with Crippen LogP contribution in [-0.4, -0.2) is 24.6 Å². The second-order valence-electron chi connectivity index (χ2n) is 6.79. The Hall–Kier alpha value is -1.09. The lowest BCUT2D eigenvalue weighted by Gasteiger charge is -2.29. The van der Waals surface area contributed by atoms with E-state index in [1.807, 2.05) is 6.20 Å². The van der Waals surface area contributed by atoms with Crippen molar-refractivity contribution in [2.75, 3.05) is 18.5 Å². The molecule has 0 amide bonds. The number of pyridine rings is 1. The smallest absolute Gasteiger partial charge is 0.0562 e. The van der Waals surface area contributed by atoms with Gasteiger partial charge in [-0.25, -0.2) is 0 Å². The molecule has 1 saturated carbocycles. The molecule has 1 aromatic rings. The van der Waals surface area contributed by atoms with E-state index in [-0.39, 0.29) is 0 Å². The Morgan fingerprint density at radius 2 is 1.95 bits per heavy atom. The summed E-state index contributed by atoms with van der Waals surface area (Å²) in [5.41, 5.74) is 2.46. The van der Waals surface area contributed by atoms with E-state index in [0.29, 0.717) is 12.0 Å². The van der Waals surface area contributed by atoms with Crippen molar-refractivity contribution in [3.63, 3.8) is 0 Å². The molecule has 0 radical (unpaired) electrons. The van der Waals surface area contributed by atoms with Gasteiger partial charge in [0.2, 0.25) is 0 Å². The third kappa shape index (κ3) is 5.31. The van der Waals surface area contributed by atoms with E-state index in [0.717, 1.165) is 18.8 Å². The zero-order chi connectivity index (χ0) is 15.1. The molecule has 21 heavy (non-hydrogen) atoms. The normalized spacial score (nSPS) is 17.0. The van der Waals surface area contributed by atoms with Gasteiger partial charge in [-0.1, -0.05) is 39.5 Å². The number of hydrogen-bond acceptors (Lipinski definition) is 3. The highest BCUT2D eigenvalue weighted by molar-refractivity contribution is 5.46. The van der Waals surface area contributed by atoms with Gasteiger partial charge in [0.15, 0.2) is 0 Å². The van der Waals surface area contributed by atoms with Crippen LogP contribution < -0.4 is 10.2 Å². The van der Waals surface area contributed by atoms with Crippen LogP contribution in [0.4, 0.5) is 5.69 Å². The number of aromatic nitrogens is 1. The van der Waals surface area contributed by atoms with E-state index in [1.54, 1.807) is 0 Å². The Bertz CT molecular complexity index is 409. The molecule has 1 aliphatic rings. The molecule has 3 nitrogen and oxygen atoms in total. The average molecular weight is 289 g/mol. The van der Waals surface area contributed by atoms with Gasteiger partial charge in [-0.2, -0.15) is 0 Å². The van der Waals surface area contributed by atoms with Crippen LogP contribution in [-0.2, 0) is 6.54 Å². The van der Waals surface area contributed by atoms with Gasteiger partial charge in [-0.3, -0.25) is 4.98 Å². The van der Waals surface area contributed by atoms with Crippen LogP contribution in [0.2, 0.25) is 0 Å². The maximum absolute atomic E-state index is 4.49. The maximum atomic E-state index is 4.49. The summed E-state index contributed by atoms with van der Waals surface area (Å²) in [6.07, 6.45) is 10.2. The summed E-state index contributed by atoms with van der Waals surface area (Å²) in [5.74, 6) is 0.682. The van der Waals surface area contributed by atoms with E-state index >= 15 is 0 Å². The highest BCUT2D eigenvalue weighted by Gasteiger charge is 2.17. The number of anilines is 1. The van der Waals surface area contributed by atoms with Gasteiger partial charge in [0, 0.05) is 31.5 Å². The van der Waals surface area contributed by atoms with Crippen molar-refractivity contribution in [3.05, 3.63) is 24.0 Å². The molecule has 1 N–H and O–H groups in total. The minimum Gasteiger partial charge on any atom is -0.372 e. The molecular weight excluding hydrogens is 258 g/mol. The fourth-order valence-electron chi connectivity index (χ4n) is 3.13. The van der Waals surface area contributed by atoms with Gasteiger partial charge in [0.05, 0.1) is 5.69 Å². The fourth-order valence-corrected chi connectivity index (χ4v) is 3.13. The van der Waals surface area contributed by atoms with E-state index < -0.39 is 0 Å². The van der Waals surface area contributed by atoms with Gasteiger partial charge >= 0.3 is 0 Å². The molecule has 3 heteroatoms. The van der Waals surface area contributed by atoms with E-state index in [4.69, 9.17) is 0 Å². The Morgan fingerprint density at radius 1 is 1.24 bits per heavy atom. The summed E-state index contributed by atoms with van der Waals surface area (Å²) in [4.78, 5) is 6.96. The number of nitrogens with zero attached hydrogens (tertiary/aromatic N) is 2. The summed E-state index contributed by atoms with van der Waals surface area (Å²) < 4.78 is 0. The second-order valence-corrected chi connectivity index (χ2v) is 6.79. The molecule has 0 aromatic carbocycles. The largest absolute Gasteiger partial charge is 0.372 e. The van der Waals surface area contributed by atoms with E-state index in [2.05, 4.69) is 48.2 Å². The Kier molecular flexibility index (Phi) is 6.50. The highest BCUT2D eigenvalue weighted by Crippen LogP contribution is 2.25. The van der Waals surface area contributed by atoms with Crippen LogP contribution in [0, 0.1) is 5.92 Å². The lowest BCUT2D eigenvalue weighted by molar-refractivity contribution is 0.545. The summed E-state index contributed by atoms with van der Waals surface area (Å²) in [6, 6.07) is 5.10. The molecule has 1 fully saturated rings. The Labute approximate surface area is 130 Å². The molecule has 1 aliphatic carbocycles. The number of rotatable bonds is 6. The number of hydrogen-bond donors (Lipinski definition) is 1. The lowest BCUT2D eigenvalue weighted by atomic mass is 10.1. The summed E-state index contributed by atoms with van der Waals surface area (Å²) in [6.45, 7) is 6.38. The maximum Gasteiger partial charge on any atom is 0.0562 e. The predicted molar refractivity (Wildman–Crippen MR) is 90.7 cm³/mol. The van der Waals surface area contributed by atoms with Crippen molar-refractivity contribution in [2.45, 2.75) is 65.0 Å². The molecule has 0 unspecified atom stereocenters. The van der Waals surface area contributed by atoms with Crippen LogP contribution in [0.3, 0.4) is 0 Å². The molecule has 118 valence electrons. The average Bonchev–Trinajstić information content (AvgIpc) is 2.75. The predicted octanol–water partition coefficient (Wildman–Crippen LogP) is 3.99. The zero-order valence-electron chi connectivity index (χ0n) is 13.9. The molecule has 0 aliphatic heterocycles. The van der Waals surface area contributed by atoms with Crippen molar-refractivity contribution in [2.24, 2.45) is 5.92 Å². The zero-order valence-corrected chi connectivity index (χ0v) is 13.9. The Balaban J connectivity index is 1.95. The van der Waals surface area contributed by atoms with E-state index in [9.17, 15) is 0 Å². The molecule has 1 aromatic heterocycles. The quantitative estimate of drug-likeness (QED) is 0.803. The van der Waals surface area contributed by atoms with Crippen LogP contribution in [0.5, 0.6) is 0 Å². The van der Waals surface area contributed by atoms with Crippen molar-refractivity contribution in [3.8, 4) is 0 Å². The van der Waals surface area contributed by atoms with Crippen LogP contribution in [0.25, 0.3) is 0 Å². The van der Waals surface area contributed by atoms with Crippen molar-refractivity contribution in [1.29, 1.82) is 0 Å². The summed E-state index contributed by atoms with van der Waals surface area (Å²) in [7, 11) is 2.25. The first-order valence-electron chi connectivity index (χ1n) is 8.55. The lowest BCUT2D eigenvalue weighted by Crippen LogP contribution is -2.31. The topological polar surface area (TPSA) is 28.2 Å². The van der Waals surface area contributed by atoms with Gasteiger partial charge in [-0.15, -0.1) is 0 Å². The van der Waals surface area contributed by atoms with Crippen molar-refractivity contribution < 1.29 is 0 Å². The second kappa shape index (κ2) is 8.38. The minimum absolute atomic E-state index is 0.682. The SMILES string of the molecule is CC(C)CNCc1cc(N(C)C2CCCCCC2)ccn1. The molecule has 1 heterocycles. The monoisotopic (exact) mass is 289 g/mol. The third-order valence-corrected chi connectivity index (χ3v) is 4.44. The number of nitrogens with one attached hydrogen (secondary N) is 1. The van der Waals surface area contributed by atoms with Gasteiger partial charge in [0.25, 0.3) is 0 Å². The van der Waals surface area contributed by atoms with E-state index in [1.165, 1.54) is 44.2 Å². The van der Waals surface area contributed by atoms with Gasteiger partial charge < -0.3 is 10.2 Å².